The van der Waals surface area contributed by atoms with Crippen LogP contribution < -0.4 is 0 Å². The molecule has 1 aliphatic rings. The van der Waals surface area contributed by atoms with Crippen LogP contribution >= 0.6 is 0 Å². The lowest BCUT2D eigenvalue weighted by Gasteiger charge is -2.28. The van der Waals surface area contributed by atoms with Crippen LogP contribution in [-0.2, 0) is 6.42 Å². The first-order valence-electron chi connectivity index (χ1n) is 8.14. The monoisotopic (exact) mass is 268 g/mol. The van der Waals surface area contributed by atoms with Gasteiger partial charge >= 0.3 is 0 Å². The van der Waals surface area contributed by atoms with Gasteiger partial charge in [0, 0.05) is 0 Å². The van der Waals surface area contributed by atoms with Gasteiger partial charge in [-0.2, -0.15) is 0 Å². The molecule has 108 valence electrons. The highest BCUT2D eigenvalue weighted by Gasteiger charge is 2.21. The SMILES string of the molecule is C=CCCc1ccc(C2CCC(CCC=C)CC2)cc1. The molecule has 0 nitrogen and oxygen atoms in total. The highest BCUT2D eigenvalue weighted by Crippen LogP contribution is 2.37. The summed E-state index contributed by atoms with van der Waals surface area (Å²) in [7, 11) is 0. The van der Waals surface area contributed by atoms with Crippen molar-refractivity contribution in [3.63, 3.8) is 0 Å². The van der Waals surface area contributed by atoms with Crippen molar-refractivity contribution in [3.8, 4) is 0 Å². The van der Waals surface area contributed by atoms with Gasteiger partial charge in [-0.1, -0.05) is 36.4 Å². The van der Waals surface area contributed by atoms with Crippen molar-refractivity contribution in [2.75, 3.05) is 0 Å². The molecule has 0 spiro atoms. The zero-order chi connectivity index (χ0) is 14.2. The molecule has 0 atom stereocenters. The van der Waals surface area contributed by atoms with E-state index in [9.17, 15) is 0 Å². The fourth-order valence-corrected chi connectivity index (χ4v) is 3.36. The third-order valence-corrected chi connectivity index (χ3v) is 4.71. The molecule has 1 aromatic carbocycles. The molecule has 0 saturated heterocycles. The second-order valence-corrected chi connectivity index (χ2v) is 6.15. The quantitative estimate of drug-likeness (QED) is 0.528. The molecule has 20 heavy (non-hydrogen) atoms. The molecule has 0 radical (unpaired) electrons. The number of hydrogen-bond donors (Lipinski definition) is 0. The Balaban J connectivity index is 1.83. The van der Waals surface area contributed by atoms with Crippen LogP contribution in [-0.4, -0.2) is 0 Å². The van der Waals surface area contributed by atoms with Crippen LogP contribution in [0.25, 0.3) is 0 Å². The van der Waals surface area contributed by atoms with Crippen LogP contribution in [0, 0.1) is 5.92 Å². The summed E-state index contributed by atoms with van der Waals surface area (Å²) in [6.07, 6.45) is 14.3. The molecule has 1 fully saturated rings. The van der Waals surface area contributed by atoms with Gasteiger partial charge in [-0.05, 0) is 74.3 Å². The van der Waals surface area contributed by atoms with Crippen molar-refractivity contribution in [1.82, 2.24) is 0 Å². The van der Waals surface area contributed by atoms with Crippen molar-refractivity contribution in [2.45, 2.75) is 57.3 Å². The first-order valence-corrected chi connectivity index (χ1v) is 8.14. The van der Waals surface area contributed by atoms with Gasteiger partial charge in [0.1, 0.15) is 0 Å². The van der Waals surface area contributed by atoms with Gasteiger partial charge in [0.15, 0.2) is 0 Å². The largest absolute Gasteiger partial charge is 0.103 e. The summed E-state index contributed by atoms with van der Waals surface area (Å²) in [6, 6.07) is 9.32. The lowest BCUT2D eigenvalue weighted by molar-refractivity contribution is 0.312. The first kappa shape index (κ1) is 15.1. The topological polar surface area (TPSA) is 0 Å². The van der Waals surface area contributed by atoms with Crippen molar-refractivity contribution >= 4 is 0 Å². The van der Waals surface area contributed by atoms with E-state index in [0.29, 0.717) is 0 Å². The van der Waals surface area contributed by atoms with Gasteiger partial charge in [-0.3, -0.25) is 0 Å². The van der Waals surface area contributed by atoms with E-state index >= 15 is 0 Å². The Bertz CT molecular complexity index is 404. The average Bonchev–Trinajstić information content (AvgIpc) is 2.52. The third-order valence-electron chi connectivity index (χ3n) is 4.71. The summed E-state index contributed by atoms with van der Waals surface area (Å²) >= 11 is 0. The summed E-state index contributed by atoms with van der Waals surface area (Å²) < 4.78 is 0. The van der Waals surface area contributed by atoms with E-state index in [0.717, 1.165) is 24.7 Å². The third kappa shape index (κ3) is 4.37. The van der Waals surface area contributed by atoms with Gasteiger partial charge in [-0.15, -0.1) is 13.2 Å². The molecule has 0 N–H and O–H groups in total. The predicted molar refractivity (Wildman–Crippen MR) is 89.1 cm³/mol. The summed E-state index contributed by atoms with van der Waals surface area (Å²) in [5.74, 6) is 1.74. The minimum atomic E-state index is 0.795. The number of benzene rings is 1. The minimum Gasteiger partial charge on any atom is -0.103 e. The zero-order valence-corrected chi connectivity index (χ0v) is 12.7. The van der Waals surface area contributed by atoms with Crippen molar-refractivity contribution < 1.29 is 0 Å². The molecule has 2 rings (SSSR count). The van der Waals surface area contributed by atoms with Crippen LogP contribution in [0.2, 0.25) is 0 Å². The van der Waals surface area contributed by atoms with E-state index in [1.807, 2.05) is 6.08 Å². The Morgan fingerprint density at radius 1 is 0.900 bits per heavy atom. The molecule has 0 amide bonds. The normalized spacial score (nSPS) is 22.4. The maximum atomic E-state index is 3.83. The predicted octanol–water partition coefficient (Wildman–Crippen LogP) is 6.05. The summed E-state index contributed by atoms with van der Waals surface area (Å²) in [5.41, 5.74) is 2.99. The average molecular weight is 268 g/mol. The standard InChI is InChI=1S/C20H28/c1-3-5-7-17-9-13-19(14-10-17)20-15-11-18(12-16-20)8-6-4-2/h3-4,9-10,13-14,18,20H,1-2,5-8,11-12,15-16H2. The Morgan fingerprint density at radius 3 is 2.15 bits per heavy atom. The maximum Gasteiger partial charge on any atom is -0.0162 e. The van der Waals surface area contributed by atoms with E-state index < -0.39 is 0 Å². The highest BCUT2D eigenvalue weighted by atomic mass is 14.3. The van der Waals surface area contributed by atoms with E-state index in [1.54, 1.807) is 5.56 Å². The summed E-state index contributed by atoms with van der Waals surface area (Å²) in [5, 5.41) is 0. The minimum absolute atomic E-state index is 0.795. The van der Waals surface area contributed by atoms with Gasteiger partial charge < -0.3 is 0 Å². The van der Waals surface area contributed by atoms with Gasteiger partial charge in [0.05, 0.1) is 0 Å². The summed E-state index contributed by atoms with van der Waals surface area (Å²) in [4.78, 5) is 0. The molecule has 0 bridgehead atoms. The Kier molecular flexibility index (Phi) is 6.11. The Hall–Kier alpha value is -1.30. The molecule has 0 aliphatic heterocycles. The van der Waals surface area contributed by atoms with Crippen LogP contribution in [0.4, 0.5) is 0 Å². The molecule has 1 aliphatic carbocycles. The lowest BCUT2D eigenvalue weighted by atomic mass is 9.77. The van der Waals surface area contributed by atoms with E-state index in [2.05, 4.69) is 43.5 Å². The smallest absolute Gasteiger partial charge is 0.0162 e. The Labute approximate surface area is 124 Å². The Morgan fingerprint density at radius 2 is 1.55 bits per heavy atom. The molecular formula is C20H28. The van der Waals surface area contributed by atoms with E-state index in [1.165, 1.54) is 44.1 Å². The van der Waals surface area contributed by atoms with Gasteiger partial charge in [0.25, 0.3) is 0 Å². The van der Waals surface area contributed by atoms with Crippen LogP contribution in [0.15, 0.2) is 49.6 Å². The number of allylic oxidation sites excluding steroid dienone is 2. The number of hydrogen-bond acceptors (Lipinski definition) is 0. The number of rotatable bonds is 7. The summed E-state index contributed by atoms with van der Waals surface area (Å²) in [6.45, 7) is 7.62. The van der Waals surface area contributed by atoms with Crippen LogP contribution in [0.1, 0.15) is 62.0 Å². The second-order valence-electron chi connectivity index (χ2n) is 6.15. The fourth-order valence-electron chi connectivity index (χ4n) is 3.36. The van der Waals surface area contributed by atoms with Gasteiger partial charge in [-0.25, -0.2) is 0 Å². The zero-order valence-electron chi connectivity index (χ0n) is 12.7. The maximum absolute atomic E-state index is 3.83. The molecule has 0 heteroatoms. The highest BCUT2D eigenvalue weighted by molar-refractivity contribution is 5.26. The molecule has 0 heterocycles. The van der Waals surface area contributed by atoms with Crippen molar-refractivity contribution in [2.24, 2.45) is 5.92 Å². The van der Waals surface area contributed by atoms with E-state index in [4.69, 9.17) is 0 Å². The lowest BCUT2D eigenvalue weighted by Crippen LogP contribution is -2.13. The number of aryl methyl sites for hydroxylation is 1. The molecular weight excluding hydrogens is 240 g/mol. The van der Waals surface area contributed by atoms with Gasteiger partial charge in [0.2, 0.25) is 0 Å². The first-order chi connectivity index (χ1) is 9.83. The van der Waals surface area contributed by atoms with E-state index in [-0.39, 0.29) is 0 Å². The molecule has 1 saturated carbocycles. The van der Waals surface area contributed by atoms with Crippen molar-refractivity contribution in [1.29, 1.82) is 0 Å². The fraction of sp³-hybridized carbons (Fsp3) is 0.500. The molecule has 1 aromatic rings. The van der Waals surface area contributed by atoms with Crippen LogP contribution in [0.5, 0.6) is 0 Å². The van der Waals surface area contributed by atoms with Crippen LogP contribution in [0.3, 0.4) is 0 Å². The molecule has 0 unspecified atom stereocenters. The van der Waals surface area contributed by atoms with Crippen molar-refractivity contribution in [3.05, 3.63) is 60.7 Å². The second kappa shape index (κ2) is 8.09. The molecule has 0 aromatic heterocycles.